The number of hydrogen-bond donors (Lipinski definition) is 2. The number of hydrogen-bond acceptors (Lipinski definition) is 4. The Bertz CT molecular complexity index is 172. The van der Waals surface area contributed by atoms with Crippen LogP contribution in [0, 0.1) is 0 Å². The fourth-order valence-corrected chi connectivity index (χ4v) is 0.531. The first-order chi connectivity index (χ1) is 7.17. The van der Waals surface area contributed by atoms with Crippen LogP contribution in [0.3, 0.4) is 0 Å². The predicted molar refractivity (Wildman–Crippen MR) is 67.3 cm³/mol. The zero-order valence-corrected chi connectivity index (χ0v) is 13.3. The molecule has 0 aromatic carbocycles. The SMILES string of the molecule is CC(C)O[B][B]OC(C)(C)C(C)(C)O.CO.[V]. The van der Waals surface area contributed by atoms with Crippen LogP contribution >= 0.6 is 0 Å². The average molecular weight is 281 g/mol. The summed E-state index contributed by atoms with van der Waals surface area (Å²) < 4.78 is 10.6. The molecule has 7 heteroatoms. The Morgan fingerprint density at radius 1 is 1.00 bits per heavy atom. The summed E-state index contributed by atoms with van der Waals surface area (Å²) in [5, 5.41) is 16.8. The molecule has 0 aliphatic heterocycles. The third-order valence-corrected chi connectivity index (χ3v) is 2.24. The van der Waals surface area contributed by atoms with E-state index >= 15 is 0 Å². The third-order valence-electron chi connectivity index (χ3n) is 2.24. The molecule has 99 valence electrons. The standard InChI is InChI=1S/C9H20B2O3.CH4O.V/c1-7(2)13-10-11-14-9(5,6)8(3,4)12;1-2;/h7,12H,1-6H3;2H,1H3;. The average Bonchev–Trinajstić information content (AvgIpc) is 2.14. The zero-order valence-electron chi connectivity index (χ0n) is 11.9. The topological polar surface area (TPSA) is 58.9 Å². The maximum Gasteiger partial charge on any atom is 0.283 e. The Balaban J connectivity index is -0.000000616. The van der Waals surface area contributed by atoms with Gasteiger partial charge in [-0.1, -0.05) is 0 Å². The molecule has 0 aliphatic carbocycles. The van der Waals surface area contributed by atoms with Gasteiger partial charge in [0.25, 0.3) is 14.7 Å². The minimum Gasteiger partial charge on any atom is -0.446 e. The summed E-state index contributed by atoms with van der Waals surface area (Å²) in [4.78, 5) is 0. The number of aliphatic hydroxyl groups excluding tert-OH is 1. The second-order valence-electron chi connectivity index (χ2n) is 4.64. The molecule has 0 fully saturated rings. The van der Waals surface area contributed by atoms with Gasteiger partial charge >= 0.3 is 0 Å². The van der Waals surface area contributed by atoms with Gasteiger partial charge in [-0.25, -0.2) is 0 Å². The summed E-state index contributed by atoms with van der Waals surface area (Å²) in [6, 6.07) is 0. The van der Waals surface area contributed by atoms with Crippen molar-refractivity contribution in [2.45, 2.75) is 58.8 Å². The van der Waals surface area contributed by atoms with Gasteiger partial charge in [0.05, 0.1) is 11.2 Å². The summed E-state index contributed by atoms with van der Waals surface area (Å²) in [6.07, 6.45) is 0.139. The second-order valence-corrected chi connectivity index (χ2v) is 4.64. The van der Waals surface area contributed by atoms with E-state index in [1.54, 1.807) is 13.8 Å². The van der Waals surface area contributed by atoms with Crippen molar-refractivity contribution in [3.8, 4) is 0 Å². The first-order valence-corrected chi connectivity index (χ1v) is 5.32. The van der Waals surface area contributed by atoms with Gasteiger partial charge in [0.15, 0.2) is 0 Å². The summed E-state index contributed by atoms with van der Waals surface area (Å²) in [5.74, 6) is 0. The van der Waals surface area contributed by atoms with Crippen molar-refractivity contribution < 1.29 is 38.1 Å². The molecule has 0 atom stereocenters. The van der Waals surface area contributed by atoms with Crippen molar-refractivity contribution in [1.82, 2.24) is 0 Å². The van der Waals surface area contributed by atoms with Crippen molar-refractivity contribution >= 4 is 14.7 Å². The summed E-state index contributed by atoms with van der Waals surface area (Å²) in [5.41, 5.74) is -1.53. The van der Waals surface area contributed by atoms with Crippen LogP contribution in [0.15, 0.2) is 0 Å². The van der Waals surface area contributed by atoms with Crippen molar-refractivity contribution in [2.24, 2.45) is 0 Å². The van der Waals surface area contributed by atoms with Crippen molar-refractivity contribution in [2.75, 3.05) is 7.11 Å². The smallest absolute Gasteiger partial charge is 0.283 e. The molecule has 0 aromatic rings. The maximum absolute atomic E-state index is 9.75. The molecule has 0 rings (SSSR count). The van der Waals surface area contributed by atoms with Gasteiger partial charge in [-0.15, -0.1) is 0 Å². The monoisotopic (exact) mass is 281 g/mol. The van der Waals surface area contributed by atoms with E-state index in [0.717, 1.165) is 7.11 Å². The molecule has 0 saturated carbocycles. The Morgan fingerprint density at radius 3 is 1.71 bits per heavy atom. The van der Waals surface area contributed by atoms with Crippen molar-refractivity contribution in [1.29, 1.82) is 0 Å². The molecule has 3 radical (unpaired) electrons. The maximum atomic E-state index is 9.75. The Kier molecular flexibility index (Phi) is 14.0. The summed E-state index contributed by atoms with van der Waals surface area (Å²) in [6.45, 7) is 10.9. The molecule has 0 unspecified atom stereocenters. The second kappa shape index (κ2) is 10.5. The summed E-state index contributed by atoms with van der Waals surface area (Å²) in [7, 11) is 3.97. The molecule has 17 heavy (non-hydrogen) atoms. The molecule has 2 N–H and O–H groups in total. The Hall–Kier alpha value is 0.554. The molecule has 4 nitrogen and oxygen atoms in total. The van der Waals surface area contributed by atoms with E-state index in [-0.39, 0.29) is 24.7 Å². The van der Waals surface area contributed by atoms with E-state index in [0.29, 0.717) is 0 Å². The van der Waals surface area contributed by atoms with Crippen LogP contribution in [-0.2, 0) is 27.9 Å². The molecule has 0 spiro atoms. The fourth-order valence-electron chi connectivity index (χ4n) is 0.531. The van der Waals surface area contributed by atoms with Crippen LogP contribution in [0.5, 0.6) is 0 Å². The van der Waals surface area contributed by atoms with E-state index < -0.39 is 11.2 Å². The van der Waals surface area contributed by atoms with E-state index in [1.807, 2.05) is 27.7 Å². The van der Waals surface area contributed by atoms with Gasteiger partial charge in [-0.05, 0) is 41.5 Å². The Labute approximate surface area is 119 Å². The molecular weight excluding hydrogens is 257 g/mol. The number of rotatable bonds is 6. The van der Waals surface area contributed by atoms with E-state index in [1.165, 1.54) is 14.7 Å². The molecule has 0 amide bonds. The zero-order chi connectivity index (χ0) is 13.4. The normalized spacial score (nSPS) is 11.2. The molecule has 0 aliphatic rings. The van der Waals surface area contributed by atoms with Crippen LogP contribution in [-0.4, -0.2) is 49.4 Å². The van der Waals surface area contributed by atoms with Gasteiger partial charge in [-0.2, -0.15) is 0 Å². The van der Waals surface area contributed by atoms with E-state index in [4.69, 9.17) is 14.4 Å². The molecule has 0 heterocycles. The van der Waals surface area contributed by atoms with Crippen LogP contribution < -0.4 is 0 Å². The molecular formula is C10H24B2O4V. The summed E-state index contributed by atoms with van der Waals surface area (Å²) >= 11 is 0. The van der Waals surface area contributed by atoms with Crippen LogP contribution in [0.25, 0.3) is 0 Å². The number of aliphatic hydroxyl groups is 2. The van der Waals surface area contributed by atoms with Gasteiger partial charge < -0.3 is 19.5 Å². The molecule has 0 saturated heterocycles. The largest absolute Gasteiger partial charge is 0.446 e. The van der Waals surface area contributed by atoms with Gasteiger partial charge in [0, 0.05) is 31.8 Å². The van der Waals surface area contributed by atoms with Crippen LogP contribution in [0.4, 0.5) is 0 Å². The Morgan fingerprint density at radius 2 is 1.41 bits per heavy atom. The molecule has 0 aromatic heterocycles. The molecule has 0 bridgehead atoms. The minimum atomic E-state index is -0.894. The predicted octanol–water partition coefficient (Wildman–Crippen LogP) is 0.737. The van der Waals surface area contributed by atoms with Crippen molar-refractivity contribution in [3.05, 3.63) is 0 Å². The first-order valence-electron chi connectivity index (χ1n) is 5.32. The third kappa shape index (κ3) is 11.4. The fraction of sp³-hybridized carbons (Fsp3) is 1.00. The van der Waals surface area contributed by atoms with Crippen LogP contribution in [0.1, 0.15) is 41.5 Å². The van der Waals surface area contributed by atoms with E-state index in [9.17, 15) is 5.11 Å². The van der Waals surface area contributed by atoms with Gasteiger partial charge in [0.1, 0.15) is 0 Å². The van der Waals surface area contributed by atoms with Crippen LogP contribution in [0.2, 0.25) is 0 Å². The minimum absolute atomic E-state index is 0. The van der Waals surface area contributed by atoms with E-state index in [2.05, 4.69) is 0 Å². The quantitative estimate of drug-likeness (QED) is 0.557. The van der Waals surface area contributed by atoms with Gasteiger partial charge in [0.2, 0.25) is 0 Å². The first kappa shape index (κ1) is 22.7. The van der Waals surface area contributed by atoms with Crippen molar-refractivity contribution in [3.63, 3.8) is 0 Å². The van der Waals surface area contributed by atoms with Gasteiger partial charge in [-0.3, -0.25) is 0 Å².